The van der Waals surface area contributed by atoms with Crippen LogP contribution in [0, 0.1) is 0 Å². The average Bonchev–Trinajstić information content (AvgIpc) is 2.49. The third-order valence-corrected chi connectivity index (χ3v) is 4.01. The van der Waals surface area contributed by atoms with Crippen LogP contribution in [-0.2, 0) is 12.8 Å². The van der Waals surface area contributed by atoms with Crippen molar-refractivity contribution in [2.75, 3.05) is 0 Å². The predicted molar refractivity (Wildman–Crippen MR) is 69.3 cm³/mol. The van der Waals surface area contributed by atoms with Crippen molar-refractivity contribution in [1.82, 2.24) is 0 Å². The minimum absolute atomic E-state index is 1.19. The third-order valence-electron chi connectivity index (χ3n) is 3.29. The molecule has 1 heteroatoms. The molecule has 0 saturated carbocycles. The van der Waals surface area contributed by atoms with E-state index in [0.29, 0.717) is 0 Å². The van der Waals surface area contributed by atoms with Gasteiger partial charge in [-0.15, -0.1) is 0 Å². The fraction of sp³-hybridized carbons (Fsp3) is 0.200. The Labute approximate surface area is 105 Å². The van der Waals surface area contributed by atoms with Gasteiger partial charge in [0, 0.05) is 0 Å². The molecule has 79 valence electrons. The van der Waals surface area contributed by atoms with E-state index in [9.17, 15) is 0 Å². The van der Waals surface area contributed by atoms with Gasteiger partial charge in [0.1, 0.15) is 0 Å². The molecule has 0 heterocycles. The zero-order chi connectivity index (χ0) is 11.0. The molecule has 0 saturated heterocycles. The number of benzene rings is 2. The van der Waals surface area contributed by atoms with Gasteiger partial charge >= 0.3 is 104 Å². The van der Waals surface area contributed by atoms with E-state index >= 15 is 0 Å². The molecule has 1 radical (unpaired) electrons. The van der Waals surface area contributed by atoms with Gasteiger partial charge in [-0.3, -0.25) is 0 Å². The number of hydrogen-bond donors (Lipinski definition) is 0. The summed E-state index contributed by atoms with van der Waals surface area (Å²) in [5, 5.41) is 0. The Bertz CT molecular complexity index is 529. The van der Waals surface area contributed by atoms with Gasteiger partial charge in [0.2, 0.25) is 0 Å². The molecular weight excluding hydrogens is 259 g/mol. The summed E-state index contributed by atoms with van der Waals surface area (Å²) in [6.45, 7) is 0. The van der Waals surface area contributed by atoms with E-state index in [0.717, 1.165) is 0 Å². The minimum atomic E-state index is 1.19. The van der Waals surface area contributed by atoms with Crippen molar-refractivity contribution >= 4 is 20.5 Å². The van der Waals surface area contributed by atoms with E-state index in [1.54, 1.807) is 0 Å². The van der Waals surface area contributed by atoms with Crippen molar-refractivity contribution < 1.29 is 0 Å². The molecule has 0 nitrogen and oxygen atoms in total. The standard InChI is InChI=1S/C15H13Se/c16-14-10-4-8-12-7-3-6-11-5-1-2-9-13(11)15(12)14/h1-2,4-5,8-10H,3,6-7H2. The van der Waals surface area contributed by atoms with E-state index in [1.165, 1.54) is 46.0 Å². The van der Waals surface area contributed by atoms with Crippen molar-refractivity contribution in [3.8, 4) is 11.1 Å². The molecule has 0 unspecified atom stereocenters. The monoisotopic (exact) mass is 273 g/mol. The van der Waals surface area contributed by atoms with Gasteiger partial charge in [0.15, 0.2) is 0 Å². The Hall–Kier alpha value is -1.04. The molecule has 2 aromatic rings. The molecule has 0 N–H and O–H groups in total. The van der Waals surface area contributed by atoms with Crippen molar-refractivity contribution in [3.63, 3.8) is 0 Å². The summed E-state index contributed by atoms with van der Waals surface area (Å²) in [7, 11) is 0. The number of rotatable bonds is 0. The Kier molecular flexibility index (Phi) is 2.59. The van der Waals surface area contributed by atoms with Crippen LogP contribution in [0.15, 0.2) is 42.5 Å². The maximum atomic E-state index is 3.20. The zero-order valence-electron chi connectivity index (χ0n) is 9.07. The molecule has 1 aliphatic carbocycles. The molecular formula is C15H13Se. The van der Waals surface area contributed by atoms with E-state index < -0.39 is 0 Å². The Morgan fingerprint density at radius 2 is 1.56 bits per heavy atom. The maximum absolute atomic E-state index is 3.20. The molecule has 0 bridgehead atoms. The van der Waals surface area contributed by atoms with Crippen LogP contribution in [0.25, 0.3) is 11.1 Å². The van der Waals surface area contributed by atoms with Gasteiger partial charge in [-0.25, -0.2) is 0 Å². The summed E-state index contributed by atoms with van der Waals surface area (Å²) >= 11 is 3.20. The van der Waals surface area contributed by atoms with Crippen LogP contribution in [0.2, 0.25) is 0 Å². The molecule has 0 amide bonds. The molecule has 0 aliphatic heterocycles. The second-order valence-electron chi connectivity index (χ2n) is 4.30. The second kappa shape index (κ2) is 4.08. The molecule has 16 heavy (non-hydrogen) atoms. The van der Waals surface area contributed by atoms with Gasteiger partial charge < -0.3 is 0 Å². The Morgan fingerprint density at radius 1 is 0.812 bits per heavy atom. The van der Waals surface area contributed by atoms with Crippen molar-refractivity contribution in [2.45, 2.75) is 19.3 Å². The van der Waals surface area contributed by atoms with E-state index in [2.05, 4.69) is 58.5 Å². The van der Waals surface area contributed by atoms with E-state index in [-0.39, 0.29) is 0 Å². The van der Waals surface area contributed by atoms with Gasteiger partial charge in [0.25, 0.3) is 0 Å². The molecule has 3 rings (SSSR count). The third kappa shape index (κ3) is 1.61. The van der Waals surface area contributed by atoms with Gasteiger partial charge in [0.05, 0.1) is 0 Å². The van der Waals surface area contributed by atoms with Crippen LogP contribution in [0.3, 0.4) is 0 Å². The van der Waals surface area contributed by atoms with Crippen molar-refractivity contribution in [2.24, 2.45) is 0 Å². The fourth-order valence-electron chi connectivity index (χ4n) is 2.54. The summed E-state index contributed by atoms with van der Waals surface area (Å²) in [6.07, 6.45) is 3.65. The first kappa shape index (κ1) is 10.1. The number of hydrogen-bond acceptors (Lipinski definition) is 0. The van der Waals surface area contributed by atoms with Crippen molar-refractivity contribution in [3.05, 3.63) is 53.6 Å². The van der Waals surface area contributed by atoms with Crippen LogP contribution in [0.4, 0.5) is 0 Å². The molecule has 0 spiro atoms. The summed E-state index contributed by atoms with van der Waals surface area (Å²) in [6, 6.07) is 15.4. The van der Waals surface area contributed by atoms with E-state index in [4.69, 9.17) is 0 Å². The molecule has 2 aromatic carbocycles. The first-order valence-corrected chi connectivity index (χ1v) is 6.59. The molecule has 0 fully saturated rings. The van der Waals surface area contributed by atoms with Gasteiger partial charge in [-0.1, -0.05) is 0 Å². The Morgan fingerprint density at radius 3 is 2.50 bits per heavy atom. The van der Waals surface area contributed by atoms with Crippen LogP contribution in [-0.4, -0.2) is 16.0 Å². The van der Waals surface area contributed by atoms with Crippen LogP contribution in [0.1, 0.15) is 17.5 Å². The average molecular weight is 272 g/mol. The second-order valence-corrected chi connectivity index (χ2v) is 5.22. The van der Waals surface area contributed by atoms with Crippen molar-refractivity contribution in [1.29, 1.82) is 0 Å². The zero-order valence-corrected chi connectivity index (χ0v) is 10.8. The summed E-state index contributed by atoms with van der Waals surface area (Å²) in [5.74, 6) is 0. The number of aryl methyl sites for hydroxylation is 2. The Balaban J connectivity index is 2.32. The first-order chi connectivity index (χ1) is 7.86. The summed E-state index contributed by atoms with van der Waals surface area (Å²) in [5.41, 5.74) is 5.82. The van der Waals surface area contributed by atoms with Crippen LogP contribution >= 0.6 is 0 Å². The summed E-state index contributed by atoms with van der Waals surface area (Å²) < 4.78 is 1.28. The van der Waals surface area contributed by atoms with E-state index in [1.807, 2.05) is 0 Å². The normalized spacial score (nSPS) is 13.8. The van der Waals surface area contributed by atoms with Gasteiger partial charge in [-0.2, -0.15) is 0 Å². The number of fused-ring (bicyclic) bond motifs is 3. The van der Waals surface area contributed by atoms with Crippen LogP contribution in [0.5, 0.6) is 0 Å². The first-order valence-electron chi connectivity index (χ1n) is 5.73. The fourth-order valence-corrected chi connectivity index (χ4v) is 3.21. The van der Waals surface area contributed by atoms with Gasteiger partial charge in [-0.05, 0) is 0 Å². The quantitative estimate of drug-likeness (QED) is 0.647. The predicted octanol–water partition coefficient (Wildman–Crippen LogP) is 2.64. The molecule has 0 atom stereocenters. The summed E-state index contributed by atoms with van der Waals surface area (Å²) in [4.78, 5) is 0. The molecule has 0 aromatic heterocycles. The van der Waals surface area contributed by atoms with Crippen LogP contribution < -0.4 is 4.46 Å². The SMILES string of the molecule is [Se]c1cccc2c1-c1ccccc1CCC2. The molecule has 1 aliphatic rings. The topological polar surface area (TPSA) is 0 Å².